The van der Waals surface area contributed by atoms with Crippen LogP contribution < -0.4 is 10.1 Å². The quantitative estimate of drug-likeness (QED) is 0.791. The van der Waals surface area contributed by atoms with Crippen molar-refractivity contribution in [3.63, 3.8) is 0 Å². The number of aromatic nitrogens is 3. The van der Waals surface area contributed by atoms with Gasteiger partial charge in [0.05, 0.1) is 19.0 Å². The Hall–Kier alpha value is -3.09. The highest BCUT2D eigenvalue weighted by atomic mass is 16.5. The molecule has 0 aliphatic heterocycles. The molecule has 0 atom stereocenters. The van der Waals surface area contributed by atoms with Crippen molar-refractivity contribution in [2.24, 2.45) is 0 Å². The van der Waals surface area contributed by atoms with Crippen LogP contribution in [0.3, 0.4) is 0 Å². The Morgan fingerprint density at radius 3 is 3.00 bits per heavy atom. The first-order valence-corrected chi connectivity index (χ1v) is 8.22. The third kappa shape index (κ3) is 3.13. The minimum absolute atomic E-state index is 0.313. The summed E-state index contributed by atoms with van der Waals surface area (Å²) in [4.78, 5) is 12.4. The SMILES string of the molecule is COc1cccc(-n2cc(NC(=O)c3cc4c(o3)CCCC4)nn2)c1. The first kappa shape index (κ1) is 15.4. The van der Waals surface area contributed by atoms with E-state index in [2.05, 4.69) is 15.6 Å². The van der Waals surface area contributed by atoms with Gasteiger partial charge in [-0.15, -0.1) is 5.10 Å². The van der Waals surface area contributed by atoms with Gasteiger partial charge in [0, 0.05) is 12.5 Å². The molecule has 0 fully saturated rings. The average molecular weight is 338 g/mol. The molecule has 0 bridgehead atoms. The van der Waals surface area contributed by atoms with Crippen LogP contribution in [0.1, 0.15) is 34.7 Å². The van der Waals surface area contributed by atoms with Crippen LogP contribution >= 0.6 is 0 Å². The number of fused-ring (bicyclic) bond motifs is 1. The molecule has 1 aromatic carbocycles. The number of nitrogens with one attached hydrogen (secondary N) is 1. The lowest BCUT2D eigenvalue weighted by molar-refractivity contribution is 0.0994. The number of aryl methyl sites for hydroxylation is 2. The van der Waals surface area contributed by atoms with Crippen molar-refractivity contribution in [2.75, 3.05) is 12.4 Å². The summed E-state index contributed by atoms with van der Waals surface area (Å²) in [5.41, 5.74) is 1.93. The van der Waals surface area contributed by atoms with Crippen molar-refractivity contribution in [2.45, 2.75) is 25.7 Å². The van der Waals surface area contributed by atoms with Crippen molar-refractivity contribution in [3.05, 3.63) is 53.6 Å². The number of furan rings is 1. The van der Waals surface area contributed by atoms with Gasteiger partial charge in [0.25, 0.3) is 5.91 Å². The molecule has 1 amide bonds. The highest BCUT2D eigenvalue weighted by Gasteiger charge is 2.20. The van der Waals surface area contributed by atoms with Crippen molar-refractivity contribution in [3.8, 4) is 11.4 Å². The summed E-state index contributed by atoms with van der Waals surface area (Å²) in [7, 11) is 1.61. The predicted molar refractivity (Wildman–Crippen MR) is 91.2 cm³/mol. The van der Waals surface area contributed by atoms with Crippen molar-refractivity contribution in [1.82, 2.24) is 15.0 Å². The Bertz CT molecular complexity index is 889. The number of rotatable bonds is 4. The van der Waals surface area contributed by atoms with E-state index in [1.165, 1.54) is 0 Å². The maximum atomic E-state index is 12.4. The van der Waals surface area contributed by atoms with E-state index in [0.717, 1.165) is 48.4 Å². The van der Waals surface area contributed by atoms with Crippen LogP contribution in [0.5, 0.6) is 5.75 Å². The monoisotopic (exact) mass is 338 g/mol. The first-order chi connectivity index (χ1) is 12.2. The molecule has 1 aliphatic rings. The lowest BCUT2D eigenvalue weighted by atomic mass is 9.99. The van der Waals surface area contributed by atoms with Gasteiger partial charge in [-0.2, -0.15) is 0 Å². The lowest BCUT2D eigenvalue weighted by Gasteiger charge is -2.07. The van der Waals surface area contributed by atoms with Gasteiger partial charge in [-0.25, -0.2) is 4.68 Å². The fourth-order valence-electron chi connectivity index (χ4n) is 2.98. The highest BCUT2D eigenvalue weighted by Crippen LogP contribution is 2.25. The second-order valence-corrected chi connectivity index (χ2v) is 5.97. The van der Waals surface area contributed by atoms with E-state index >= 15 is 0 Å². The fourth-order valence-corrected chi connectivity index (χ4v) is 2.98. The average Bonchev–Trinajstić information content (AvgIpc) is 3.28. The Morgan fingerprint density at radius 1 is 1.28 bits per heavy atom. The van der Waals surface area contributed by atoms with Gasteiger partial charge in [-0.1, -0.05) is 11.3 Å². The van der Waals surface area contributed by atoms with Crippen molar-refractivity contribution >= 4 is 11.7 Å². The number of nitrogens with zero attached hydrogens (tertiary/aromatic N) is 3. The van der Waals surface area contributed by atoms with E-state index in [0.29, 0.717) is 11.6 Å². The molecule has 0 radical (unpaired) electrons. The molecule has 0 saturated carbocycles. The van der Waals surface area contributed by atoms with E-state index < -0.39 is 0 Å². The number of anilines is 1. The van der Waals surface area contributed by atoms with Gasteiger partial charge in [0.15, 0.2) is 11.6 Å². The molecular formula is C18H18N4O3. The molecule has 0 saturated heterocycles. The van der Waals surface area contributed by atoms with Gasteiger partial charge >= 0.3 is 0 Å². The second kappa shape index (κ2) is 6.43. The molecule has 1 N–H and O–H groups in total. The van der Waals surface area contributed by atoms with Crippen molar-refractivity contribution in [1.29, 1.82) is 0 Å². The minimum atomic E-state index is -0.313. The van der Waals surface area contributed by atoms with Crippen LogP contribution in [-0.4, -0.2) is 28.0 Å². The number of benzene rings is 1. The number of carbonyl (C=O) groups is 1. The third-order valence-corrected chi connectivity index (χ3v) is 4.27. The van der Waals surface area contributed by atoms with Gasteiger partial charge in [-0.3, -0.25) is 4.79 Å². The summed E-state index contributed by atoms with van der Waals surface area (Å²) in [5, 5.41) is 10.8. The maximum Gasteiger partial charge on any atom is 0.292 e. The van der Waals surface area contributed by atoms with Crippen LogP contribution in [0.15, 0.2) is 40.9 Å². The molecule has 1 aliphatic carbocycles. The number of carbonyl (C=O) groups excluding carboxylic acids is 1. The number of hydrogen-bond acceptors (Lipinski definition) is 5. The molecule has 2 aromatic heterocycles. The molecule has 7 heteroatoms. The van der Waals surface area contributed by atoms with Crippen LogP contribution in [0, 0.1) is 0 Å². The van der Waals surface area contributed by atoms with Crippen molar-refractivity contribution < 1.29 is 13.9 Å². The zero-order chi connectivity index (χ0) is 17.2. The number of hydrogen-bond donors (Lipinski definition) is 1. The topological polar surface area (TPSA) is 82.2 Å². The smallest absolute Gasteiger partial charge is 0.292 e. The molecule has 4 rings (SSSR count). The summed E-state index contributed by atoms with van der Waals surface area (Å²) < 4.78 is 12.5. The molecule has 0 spiro atoms. The van der Waals surface area contributed by atoms with E-state index in [-0.39, 0.29) is 5.91 Å². The Balaban J connectivity index is 1.50. The molecule has 128 valence electrons. The standard InChI is InChI=1S/C18H18N4O3/c1-24-14-7-4-6-13(10-14)22-11-17(20-21-22)19-18(23)16-9-12-5-2-3-8-15(12)25-16/h4,6-7,9-11H,2-3,5,8H2,1H3,(H,19,23). The summed E-state index contributed by atoms with van der Waals surface area (Å²) in [6.07, 6.45) is 5.77. The predicted octanol–water partition coefficient (Wildman–Crippen LogP) is 3.00. The molecule has 0 unspecified atom stereocenters. The molecule has 3 aromatic rings. The third-order valence-electron chi connectivity index (χ3n) is 4.27. The van der Waals surface area contributed by atoms with Gasteiger partial charge in [0.2, 0.25) is 0 Å². The van der Waals surface area contributed by atoms with E-state index in [1.807, 2.05) is 30.3 Å². The van der Waals surface area contributed by atoms with Gasteiger partial charge in [-0.05, 0) is 43.0 Å². The number of ether oxygens (including phenoxy) is 1. The molecule has 7 nitrogen and oxygen atoms in total. The Kier molecular flexibility index (Phi) is 3.97. The number of amides is 1. The molecular weight excluding hydrogens is 320 g/mol. The Labute approximate surface area is 144 Å². The van der Waals surface area contributed by atoms with E-state index in [1.54, 1.807) is 18.0 Å². The maximum absolute atomic E-state index is 12.4. The zero-order valence-corrected chi connectivity index (χ0v) is 13.9. The lowest BCUT2D eigenvalue weighted by Crippen LogP contribution is -2.11. The zero-order valence-electron chi connectivity index (χ0n) is 13.9. The largest absolute Gasteiger partial charge is 0.497 e. The fraction of sp³-hybridized carbons (Fsp3) is 0.278. The minimum Gasteiger partial charge on any atom is -0.497 e. The van der Waals surface area contributed by atoms with E-state index in [4.69, 9.17) is 9.15 Å². The van der Waals surface area contributed by atoms with Crippen LogP contribution in [-0.2, 0) is 12.8 Å². The second-order valence-electron chi connectivity index (χ2n) is 5.97. The Morgan fingerprint density at radius 2 is 2.16 bits per heavy atom. The van der Waals surface area contributed by atoms with Crippen LogP contribution in [0.25, 0.3) is 5.69 Å². The van der Waals surface area contributed by atoms with Gasteiger partial charge < -0.3 is 14.5 Å². The normalized spacial score (nSPS) is 13.3. The van der Waals surface area contributed by atoms with Crippen LogP contribution in [0.2, 0.25) is 0 Å². The first-order valence-electron chi connectivity index (χ1n) is 8.22. The summed E-state index contributed by atoms with van der Waals surface area (Å²) in [6, 6.07) is 9.25. The van der Waals surface area contributed by atoms with Crippen LogP contribution in [0.4, 0.5) is 5.82 Å². The summed E-state index contributed by atoms with van der Waals surface area (Å²) >= 11 is 0. The van der Waals surface area contributed by atoms with Gasteiger partial charge in [0.1, 0.15) is 11.5 Å². The molecule has 2 heterocycles. The highest BCUT2D eigenvalue weighted by molar-refractivity contribution is 6.01. The number of methoxy groups -OCH3 is 1. The molecule has 25 heavy (non-hydrogen) atoms. The summed E-state index contributed by atoms with van der Waals surface area (Å²) in [6.45, 7) is 0. The summed E-state index contributed by atoms with van der Waals surface area (Å²) in [5.74, 6) is 2.02. The van der Waals surface area contributed by atoms with E-state index in [9.17, 15) is 4.79 Å².